The summed E-state index contributed by atoms with van der Waals surface area (Å²) in [6.45, 7) is 5.01. The van der Waals surface area contributed by atoms with Crippen LogP contribution in [0.1, 0.15) is 52.3 Å². The molecule has 1 amide bonds. The Morgan fingerprint density at radius 3 is 2.55 bits per heavy atom. The van der Waals surface area contributed by atoms with E-state index in [0.29, 0.717) is 48.3 Å². The zero-order chi connectivity index (χ0) is 28.4. The number of carbonyl (C=O) groups excluding carboxylic acids is 3. The number of amides is 1. The molecule has 1 saturated heterocycles. The molecule has 1 atom stereocenters. The van der Waals surface area contributed by atoms with Crippen LogP contribution in [0, 0.1) is 6.92 Å². The molecule has 3 aromatic rings. The second-order valence-electron chi connectivity index (χ2n) is 9.20. The van der Waals surface area contributed by atoms with E-state index in [1.807, 2.05) is 0 Å². The van der Waals surface area contributed by atoms with Crippen LogP contribution in [-0.2, 0) is 14.3 Å². The molecule has 208 valence electrons. The molecule has 1 unspecified atom stereocenters. The highest BCUT2D eigenvalue weighted by Crippen LogP contribution is 2.45. The smallest absolute Gasteiger partial charge is 0.350 e. The highest BCUT2D eigenvalue weighted by atomic mass is 32.1. The minimum absolute atomic E-state index is 0.117. The first-order chi connectivity index (χ1) is 19.3. The average molecular weight is 565 g/mol. The lowest BCUT2D eigenvalue weighted by atomic mass is 9.95. The predicted octanol–water partition coefficient (Wildman–Crippen LogP) is 4.81. The van der Waals surface area contributed by atoms with Crippen molar-refractivity contribution in [2.45, 2.75) is 32.7 Å². The van der Waals surface area contributed by atoms with Gasteiger partial charge in [-0.2, -0.15) is 0 Å². The third-order valence-corrected chi connectivity index (χ3v) is 7.72. The third-order valence-electron chi connectivity index (χ3n) is 6.58. The molecule has 10 nitrogen and oxygen atoms in total. The van der Waals surface area contributed by atoms with Gasteiger partial charge in [-0.15, -0.1) is 0 Å². The van der Waals surface area contributed by atoms with Crippen molar-refractivity contribution in [1.82, 2.24) is 4.98 Å². The number of unbranched alkanes of at least 4 members (excludes halogenated alkanes) is 1. The number of esters is 1. The second kappa shape index (κ2) is 11.4. The number of aryl methyl sites for hydroxylation is 1. The first kappa shape index (κ1) is 27.2. The van der Waals surface area contributed by atoms with E-state index in [9.17, 15) is 19.5 Å². The quantitative estimate of drug-likeness (QED) is 0.135. The van der Waals surface area contributed by atoms with Crippen LogP contribution in [0.4, 0.5) is 5.13 Å². The normalized spacial score (nSPS) is 17.7. The van der Waals surface area contributed by atoms with Crippen LogP contribution in [-0.4, -0.2) is 54.7 Å². The largest absolute Gasteiger partial charge is 0.507 e. The van der Waals surface area contributed by atoms with Crippen molar-refractivity contribution in [1.29, 1.82) is 0 Å². The lowest BCUT2D eigenvalue weighted by Crippen LogP contribution is -2.29. The number of Topliss-reactive ketones (excluding diaryl/α,β-unsaturated/α-hetero) is 1. The Morgan fingerprint density at radius 1 is 1.12 bits per heavy atom. The van der Waals surface area contributed by atoms with Gasteiger partial charge >= 0.3 is 11.9 Å². The number of rotatable bonds is 8. The van der Waals surface area contributed by atoms with Gasteiger partial charge in [0.05, 0.1) is 31.0 Å². The number of thiazole rings is 1. The van der Waals surface area contributed by atoms with Gasteiger partial charge in [0.1, 0.15) is 29.6 Å². The standard InChI is InChI=1S/C29H28N2O8S/c1-4-5-12-37-19-9-6-17(7-10-19)23-22(24(32)18-8-11-20-21(15-18)39-14-13-38-20)25(33)27(34)31(23)29-30-16(2)26(40-29)28(35)36-3/h6-11,15,23,32H,4-5,12-14H2,1-3H3. The van der Waals surface area contributed by atoms with Crippen LogP contribution in [0.15, 0.2) is 48.0 Å². The van der Waals surface area contributed by atoms with Crippen molar-refractivity contribution in [2.24, 2.45) is 0 Å². The van der Waals surface area contributed by atoms with Crippen LogP contribution in [0.3, 0.4) is 0 Å². The molecule has 0 saturated carbocycles. The number of ketones is 1. The van der Waals surface area contributed by atoms with Gasteiger partial charge in [-0.05, 0) is 49.2 Å². The lowest BCUT2D eigenvalue weighted by Gasteiger charge is -2.23. The first-order valence-corrected chi connectivity index (χ1v) is 13.6. The van der Waals surface area contributed by atoms with E-state index in [2.05, 4.69) is 11.9 Å². The molecular weight excluding hydrogens is 536 g/mol. The zero-order valence-electron chi connectivity index (χ0n) is 22.3. The van der Waals surface area contributed by atoms with Gasteiger partial charge in [-0.3, -0.25) is 14.5 Å². The molecule has 3 heterocycles. The topological polar surface area (TPSA) is 124 Å². The Bertz CT molecular complexity index is 1490. The number of methoxy groups -OCH3 is 1. The number of fused-ring (bicyclic) bond motifs is 1. The van der Waals surface area contributed by atoms with Crippen LogP contribution >= 0.6 is 11.3 Å². The highest BCUT2D eigenvalue weighted by molar-refractivity contribution is 7.17. The van der Waals surface area contributed by atoms with Gasteiger partial charge in [0, 0.05) is 5.56 Å². The fourth-order valence-corrected chi connectivity index (χ4v) is 5.55. The number of anilines is 1. The molecular formula is C29H28N2O8S. The van der Waals surface area contributed by atoms with E-state index in [-0.39, 0.29) is 26.9 Å². The Balaban J connectivity index is 1.62. The molecule has 11 heteroatoms. The summed E-state index contributed by atoms with van der Waals surface area (Å²) in [4.78, 5) is 45.1. The maximum atomic E-state index is 13.5. The molecule has 40 heavy (non-hydrogen) atoms. The van der Waals surface area contributed by atoms with Crippen molar-refractivity contribution in [3.63, 3.8) is 0 Å². The van der Waals surface area contributed by atoms with Crippen LogP contribution in [0.5, 0.6) is 17.2 Å². The Labute approximate surface area is 234 Å². The van der Waals surface area contributed by atoms with Crippen LogP contribution in [0.2, 0.25) is 0 Å². The summed E-state index contributed by atoms with van der Waals surface area (Å²) in [5.41, 5.74) is 1.08. The number of benzene rings is 2. The molecule has 1 fully saturated rings. The summed E-state index contributed by atoms with van der Waals surface area (Å²) in [6.07, 6.45) is 1.90. The van der Waals surface area contributed by atoms with Crippen LogP contribution in [0.25, 0.3) is 5.76 Å². The Morgan fingerprint density at radius 2 is 1.85 bits per heavy atom. The number of aliphatic hydroxyl groups excluding tert-OH is 1. The second-order valence-corrected chi connectivity index (χ2v) is 10.2. The minimum Gasteiger partial charge on any atom is -0.507 e. The van der Waals surface area contributed by atoms with E-state index >= 15 is 0 Å². The summed E-state index contributed by atoms with van der Waals surface area (Å²) >= 11 is 0.940. The van der Waals surface area contributed by atoms with Gasteiger partial charge in [-0.25, -0.2) is 9.78 Å². The number of hydrogen-bond acceptors (Lipinski definition) is 10. The van der Waals surface area contributed by atoms with Gasteiger partial charge in [0.2, 0.25) is 0 Å². The van der Waals surface area contributed by atoms with Crippen molar-refractivity contribution >= 4 is 39.9 Å². The Hall–Kier alpha value is -4.38. The SMILES string of the molecule is CCCCOc1ccc(C2C(=C(O)c3ccc4c(c3)OCCO4)C(=O)C(=O)N2c2nc(C)c(C(=O)OC)s2)cc1. The summed E-state index contributed by atoms with van der Waals surface area (Å²) in [5, 5.41) is 11.6. The maximum Gasteiger partial charge on any atom is 0.350 e. The van der Waals surface area contributed by atoms with Gasteiger partial charge in [-0.1, -0.05) is 36.8 Å². The number of carbonyl (C=O) groups is 3. The highest BCUT2D eigenvalue weighted by Gasteiger charge is 2.48. The van der Waals surface area contributed by atoms with Crippen molar-refractivity contribution < 1.29 is 38.4 Å². The van der Waals surface area contributed by atoms with Gasteiger partial charge in [0.25, 0.3) is 5.78 Å². The number of aromatic nitrogens is 1. The minimum atomic E-state index is -1.02. The van der Waals surface area contributed by atoms with E-state index in [1.54, 1.807) is 49.4 Å². The van der Waals surface area contributed by atoms with E-state index in [1.165, 1.54) is 12.0 Å². The molecule has 2 aliphatic heterocycles. The molecule has 0 bridgehead atoms. The molecule has 5 rings (SSSR count). The van der Waals surface area contributed by atoms with Gasteiger partial charge in [0.15, 0.2) is 16.6 Å². The summed E-state index contributed by atoms with van der Waals surface area (Å²) in [5.74, 6) is -1.14. The molecule has 0 aliphatic carbocycles. The number of hydrogen-bond donors (Lipinski definition) is 1. The maximum absolute atomic E-state index is 13.5. The van der Waals surface area contributed by atoms with E-state index < -0.39 is 23.7 Å². The van der Waals surface area contributed by atoms with Crippen LogP contribution < -0.4 is 19.1 Å². The van der Waals surface area contributed by atoms with E-state index in [0.717, 1.165) is 24.2 Å². The molecule has 2 aliphatic rings. The fraction of sp³-hybridized carbons (Fsp3) is 0.310. The third kappa shape index (κ3) is 5.00. The zero-order valence-corrected chi connectivity index (χ0v) is 23.1. The average Bonchev–Trinajstić information content (AvgIpc) is 3.48. The Kier molecular flexibility index (Phi) is 7.74. The van der Waals surface area contributed by atoms with Crippen molar-refractivity contribution in [3.8, 4) is 17.2 Å². The predicted molar refractivity (Wildman–Crippen MR) is 147 cm³/mol. The molecule has 1 N–H and O–H groups in total. The fourth-order valence-electron chi connectivity index (χ4n) is 4.54. The lowest BCUT2D eigenvalue weighted by molar-refractivity contribution is -0.132. The molecule has 1 aromatic heterocycles. The number of aliphatic hydroxyl groups is 1. The van der Waals surface area contributed by atoms with Gasteiger partial charge < -0.3 is 24.1 Å². The molecule has 0 radical (unpaired) electrons. The molecule has 0 spiro atoms. The number of nitrogens with zero attached hydrogens (tertiary/aromatic N) is 2. The number of ether oxygens (including phenoxy) is 4. The van der Waals surface area contributed by atoms with Crippen molar-refractivity contribution in [3.05, 3.63) is 69.7 Å². The summed E-state index contributed by atoms with van der Waals surface area (Å²) in [7, 11) is 1.25. The molecule has 2 aromatic carbocycles. The van der Waals surface area contributed by atoms with Crippen molar-refractivity contribution in [2.75, 3.05) is 31.8 Å². The monoisotopic (exact) mass is 564 g/mol. The summed E-state index contributed by atoms with van der Waals surface area (Å²) < 4.78 is 21.8. The van der Waals surface area contributed by atoms with E-state index in [4.69, 9.17) is 18.9 Å². The summed E-state index contributed by atoms with van der Waals surface area (Å²) in [6, 6.07) is 10.8. The first-order valence-electron chi connectivity index (χ1n) is 12.8.